The van der Waals surface area contributed by atoms with E-state index in [-0.39, 0.29) is 0 Å². The van der Waals surface area contributed by atoms with Crippen LogP contribution in [0.4, 0.5) is 5.13 Å². The fourth-order valence-corrected chi connectivity index (χ4v) is 2.61. The largest absolute Gasteiger partial charge is 0.363 e. The molecule has 0 aliphatic heterocycles. The van der Waals surface area contributed by atoms with Gasteiger partial charge in [0.25, 0.3) is 0 Å². The number of aromatic nitrogens is 3. The lowest BCUT2D eigenvalue weighted by atomic mass is 10.4. The second-order valence-corrected chi connectivity index (χ2v) is 4.93. The molecular weight excluding hydrogens is 228 g/mol. The topological polar surface area (TPSA) is 50.7 Å². The van der Waals surface area contributed by atoms with Crippen LogP contribution in [0.2, 0.25) is 0 Å². The van der Waals surface area contributed by atoms with Crippen LogP contribution in [-0.4, -0.2) is 22.2 Å². The minimum absolute atomic E-state index is 0.833. The number of rotatable bonds is 4. The van der Waals surface area contributed by atoms with Gasteiger partial charge in [-0.25, -0.2) is 0 Å². The quantitative estimate of drug-likeness (QED) is 0.828. The lowest BCUT2D eigenvalue weighted by molar-refractivity contribution is 1.01. The monoisotopic (exact) mass is 238 g/mol. The molecule has 0 saturated carbocycles. The van der Waals surface area contributed by atoms with Crippen molar-refractivity contribution in [3.63, 3.8) is 0 Å². The maximum atomic E-state index is 4.24. The maximum absolute atomic E-state index is 4.24. The average molecular weight is 238 g/mol. The number of thioether (sulfide) groups is 1. The first-order chi connectivity index (χ1) is 7.38. The molecule has 0 unspecified atom stereocenters. The van der Waals surface area contributed by atoms with Gasteiger partial charge >= 0.3 is 0 Å². The second kappa shape index (κ2) is 5.09. The zero-order valence-corrected chi connectivity index (χ0v) is 9.81. The number of nitrogens with zero attached hydrogens (tertiary/aromatic N) is 3. The van der Waals surface area contributed by atoms with Crippen molar-refractivity contribution < 1.29 is 0 Å². The summed E-state index contributed by atoms with van der Waals surface area (Å²) in [5.41, 5.74) is 1.06. The summed E-state index contributed by atoms with van der Waals surface area (Å²) >= 11 is 3.21. The van der Waals surface area contributed by atoms with Crippen molar-refractivity contribution in [3.8, 4) is 0 Å². The first kappa shape index (κ1) is 10.4. The Labute approximate surface area is 96.2 Å². The van der Waals surface area contributed by atoms with Crippen LogP contribution >= 0.6 is 23.1 Å². The number of hydrogen-bond donors (Lipinski definition) is 1. The first-order valence-electron chi connectivity index (χ1n) is 4.42. The van der Waals surface area contributed by atoms with Crippen LogP contribution in [0.1, 0.15) is 5.69 Å². The molecule has 0 atom stereocenters. The molecule has 78 valence electrons. The van der Waals surface area contributed by atoms with Crippen molar-refractivity contribution in [2.75, 3.05) is 12.4 Å². The molecule has 2 rings (SSSR count). The highest BCUT2D eigenvalue weighted by molar-refractivity contribution is 8.00. The van der Waals surface area contributed by atoms with Gasteiger partial charge in [0.1, 0.15) is 0 Å². The van der Waals surface area contributed by atoms with Gasteiger partial charge in [-0.05, 0) is 12.1 Å². The minimum Gasteiger partial charge on any atom is -0.363 e. The lowest BCUT2D eigenvalue weighted by Crippen LogP contribution is -1.84. The van der Waals surface area contributed by atoms with E-state index in [2.05, 4.69) is 20.5 Å². The Morgan fingerprint density at radius 3 is 3.00 bits per heavy atom. The summed E-state index contributed by atoms with van der Waals surface area (Å²) in [6, 6.07) is 5.91. The molecule has 0 aliphatic carbocycles. The van der Waals surface area contributed by atoms with Crippen molar-refractivity contribution >= 4 is 28.2 Å². The molecular formula is C9H10N4S2. The lowest BCUT2D eigenvalue weighted by Gasteiger charge is -1.95. The molecule has 15 heavy (non-hydrogen) atoms. The zero-order chi connectivity index (χ0) is 10.5. The molecule has 2 aromatic heterocycles. The van der Waals surface area contributed by atoms with Crippen LogP contribution in [0.15, 0.2) is 28.7 Å². The van der Waals surface area contributed by atoms with Gasteiger partial charge in [-0.2, -0.15) is 0 Å². The third-order valence-corrected chi connectivity index (χ3v) is 3.80. The molecule has 0 radical (unpaired) electrons. The van der Waals surface area contributed by atoms with Crippen molar-refractivity contribution in [2.45, 2.75) is 10.1 Å². The third-order valence-electron chi connectivity index (χ3n) is 1.69. The molecule has 0 aliphatic rings. The van der Waals surface area contributed by atoms with Gasteiger partial charge in [-0.3, -0.25) is 4.98 Å². The highest BCUT2D eigenvalue weighted by Gasteiger charge is 2.03. The van der Waals surface area contributed by atoms with Gasteiger partial charge in [0.05, 0.1) is 5.69 Å². The van der Waals surface area contributed by atoms with Gasteiger partial charge in [-0.15, -0.1) is 10.2 Å². The van der Waals surface area contributed by atoms with Crippen LogP contribution in [0.25, 0.3) is 0 Å². The Morgan fingerprint density at radius 2 is 2.33 bits per heavy atom. The van der Waals surface area contributed by atoms with Gasteiger partial charge in [0.15, 0.2) is 4.34 Å². The average Bonchev–Trinajstić information content (AvgIpc) is 2.76. The Morgan fingerprint density at radius 1 is 1.40 bits per heavy atom. The molecule has 2 aromatic rings. The Balaban J connectivity index is 1.93. The second-order valence-electron chi connectivity index (χ2n) is 2.73. The van der Waals surface area contributed by atoms with Gasteiger partial charge < -0.3 is 5.32 Å². The summed E-state index contributed by atoms with van der Waals surface area (Å²) in [4.78, 5) is 4.24. The SMILES string of the molecule is CNc1nnc(SCc2ccccn2)s1. The molecule has 1 N–H and O–H groups in total. The fraction of sp³-hybridized carbons (Fsp3) is 0.222. The van der Waals surface area contributed by atoms with E-state index in [0.29, 0.717) is 0 Å². The number of hydrogen-bond acceptors (Lipinski definition) is 6. The van der Waals surface area contributed by atoms with Crippen LogP contribution in [0.5, 0.6) is 0 Å². The Kier molecular flexibility index (Phi) is 3.52. The summed E-state index contributed by atoms with van der Waals surface area (Å²) < 4.78 is 0.963. The van der Waals surface area contributed by atoms with E-state index in [9.17, 15) is 0 Å². The summed E-state index contributed by atoms with van der Waals surface area (Å²) in [6.45, 7) is 0. The van der Waals surface area contributed by atoms with Crippen molar-refractivity contribution in [3.05, 3.63) is 30.1 Å². The summed E-state index contributed by atoms with van der Waals surface area (Å²) in [7, 11) is 1.84. The summed E-state index contributed by atoms with van der Waals surface area (Å²) in [5, 5.41) is 11.8. The third kappa shape index (κ3) is 2.90. The van der Waals surface area contributed by atoms with Gasteiger partial charge in [0, 0.05) is 19.0 Å². The van der Waals surface area contributed by atoms with E-state index in [4.69, 9.17) is 0 Å². The Hall–Kier alpha value is -1.14. The summed E-state index contributed by atoms with van der Waals surface area (Å²) in [5.74, 6) is 0.833. The molecule has 0 amide bonds. The van der Waals surface area contributed by atoms with E-state index in [1.165, 1.54) is 0 Å². The van der Waals surface area contributed by atoms with Crippen LogP contribution in [-0.2, 0) is 5.75 Å². The van der Waals surface area contributed by atoms with Gasteiger partial charge in [0.2, 0.25) is 5.13 Å². The number of pyridine rings is 1. The smallest absolute Gasteiger partial charge is 0.206 e. The van der Waals surface area contributed by atoms with Crippen molar-refractivity contribution in [1.29, 1.82) is 0 Å². The maximum Gasteiger partial charge on any atom is 0.206 e. The number of nitrogens with one attached hydrogen (secondary N) is 1. The predicted octanol–water partition coefficient (Wildman–Crippen LogP) is 2.27. The van der Waals surface area contributed by atoms with E-state index in [0.717, 1.165) is 20.9 Å². The van der Waals surface area contributed by atoms with Crippen molar-refractivity contribution in [1.82, 2.24) is 15.2 Å². The molecule has 0 fully saturated rings. The molecule has 0 aromatic carbocycles. The van der Waals surface area contributed by atoms with E-state index in [1.54, 1.807) is 29.3 Å². The summed E-state index contributed by atoms with van der Waals surface area (Å²) in [6.07, 6.45) is 1.80. The predicted molar refractivity (Wildman–Crippen MR) is 63.3 cm³/mol. The fourth-order valence-electron chi connectivity index (χ4n) is 0.988. The zero-order valence-electron chi connectivity index (χ0n) is 8.17. The minimum atomic E-state index is 0.833. The molecule has 0 bridgehead atoms. The molecule has 0 saturated heterocycles. The standard InChI is InChI=1S/C9H10N4S2/c1-10-8-12-13-9(15-8)14-6-7-4-2-3-5-11-7/h2-5H,6H2,1H3,(H,10,12). The van der Waals surface area contributed by atoms with E-state index in [1.807, 2.05) is 25.2 Å². The van der Waals surface area contributed by atoms with Crippen LogP contribution in [0.3, 0.4) is 0 Å². The molecule has 2 heterocycles. The normalized spacial score (nSPS) is 10.2. The Bertz CT molecular complexity index is 415. The van der Waals surface area contributed by atoms with Gasteiger partial charge in [-0.1, -0.05) is 29.2 Å². The first-order valence-corrected chi connectivity index (χ1v) is 6.22. The van der Waals surface area contributed by atoms with E-state index < -0.39 is 0 Å². The number of anilines is 1. The van der Waals surface area contributed by atoms with Crippen LogP contribution < -0.4 is 5.32 Å². The van der Waals surface area contributed by atoms with Crippen molar-refractivity contribution in [2.24, 2.45) is 0 Å². The highest BCUT2D eigenvalue weighted by atomic mass is 32.2. The van der Waals surface area contributed by atoms with Crippen LogP contribution in [0, 0.1) is 0 Å². The van der Waals surface area contributed by atoms with E-state index >= 15 is 0 Å². The molecule has 0 spiro atoms. The molecule has 6 heteroatoms. The molecule has 4 nitrogen and oxygen atoms in total. The highest BCUT2D eigenvalue weighted by Crippen LogP contribution is 2.27.